The highest BCUT2D eigenvalue weighted by Gasteiger charge is 2.14. The van der Waals surface area contributed by atoms with E-state index in [1.54, 1.807) is 0 Å². The molecule has 1 nitrogen and oxygen atoms in total. The molecular formula is C10H18O. The van der Waals surface area contributed by atoms with E-state index in [-0.39, 0.29) is 5.41 Å². The fourth-order valence-electron chi connectivity index (χ4n) is 0.901. The maximum absolute atomic E-state index is 10.5. The van der Waals surface area contributed by atoms with Crippen LogP contribution in [-0.4, -0.2) is 6.29 Å². The predicted molar refractivity (Wildman–Crippen MR) is 48.5 cm³/mol. The van der Waals surface area contributed by atoms with Crippen molar-refractivity contribution in [3.63, 3.8) is 0 Å². The molecule has 0 fully saturated rings. The average molecular weight is 154 g/mol. The Kier molecular flexibility index (Phi) is 4.84. The van der Waals surface area contributed by atoms with Gasteiger partial charge in [0.2, 0.25) is 0 Å². The van der Waals surface area contributed by atoms with Crippen LogP contribution in [0.5, 0.6) is 0 Å². The van der Waals surface area contributed by atoms with E-state index in [4.69, 9.17) is 0 Å². The van der Waals surface area contributed by atoms with E-state index >= 15 is 0 Å². The van der Waals surface area contributed by atoms with Crippen LogP contribution in [0.1, 0.15) is 40.0 Å². The largest absolute Gasteiger partial charge is 0.303 e. The van der Waals surface area contributed by atoms with E-state index in [1.807, 2.05) is 26.8 Å². The van der Waals surface area contributed by atoms with Crippen molar-refractivity contribution in [1.82, 2.24) is 0 Å². The Morgan fingerprint density at radius 3 is 2.45 bits per heavy atom. The van der Waals surface area contributed by atoms with Gasteiger partial charge < -0.3 is 4.79 Å². The molecule has 0 rings (SSSR count). The summed E-state index contributed by atoms with van der Waals surface area (Å²) in [7, 11) is 0. The molecule has 0 aliphatic rings. The van der Waals surface area contributed by atoms with Crippen LogP contribution in [-0.2, 0) is 4.79 Å². The van der Waals surface area contributed by atoms with E-state index in [1.165, 1.54) is 0 Å². The first-order chi connectivity index (χ1) is 5.12. The first kappa shape index (κ1) is 10.4. The number of hydrogen-bond donors (Lipinski definition) is 0. The SMILES string of the molecule is CC=CCCCC(C)(C)C=O. The highest BCUT2D eigenvalue weighted by molar-refractivity contribution is 5.57. The molecular weight excluding hydrogens is 136 g/mol. The van der Waals surface area contributed by atoms with E-state index in [2.05, 4.69) is 6.08 Å². The van der Waals surface area contributed by atoms with Gasteiger partial charge in [-0.3, -0.25) is 0 Å². The summed E-state index contributed by atoms with van der Waals surface area (Å²) < 4.78 is 0. The molecule has 11 heavy (non-hydrogen) atoms. The minimum absolute atomic E-state index is 0.123. The summed E-state index contributed by atoms with van der Waals surface area (Å²) in [4.78, 5) is 10.5. The lowest BCUT2D eigenvalue weighted by molar-refractivity contribution is -0.115. The number of hydrogen-bond acceptors (Lipinski definition) is 1. The van der Waals surface area contributed by atoms with Gasteiger partial charge in [-0.25, -0.2) is 0 Å². The van der Waals surface area contributed by atoms with Gasteiger partial charge in [-0.15, -0.1) is 0 Å². The van der Waals surface area contributed by atoms with Crippen LogP contribution in [0.25, 0.3) is 0 Å². The number of carbonyl (C=O) groups is 1. The van der Waals surface area contributed by atoms with Crippen molar-refractivity contribution in [2.75, 3.05) is 0 Å². The number of allylic oxidation sites excluding steroid dienone is 2. The predicted octanol–water partition coefficient (Wildman–Crippen LogP) is 2.96. The molecule has 64 valence electrons. The summed E-state index contributed by atoms with van der Waals surface area (Å²) in [6.07, 6.45) is 8.42. The second-order valence-corrected chi connectivity index (χ2v) is 3.57. The fraction of sp³-hybridized carbons (Fsp3) is 0.700. The van der Waals surface area contributed by atoms with Crippen LogP contribution < -0.4 is 0 Å². The summed E-state index contributed by atoms with van der Waals surface area (Å²) in [5.41, 5.74) is -0.123. The Morgan fingerprint density at radius 1 is 1.36 bits per heavy atom. The van der Waals surface area contributed by atoms with Crippen molar-refractivity contribution in [3.8, 4) is 0 Å². The third-order valence-corrected chi connectivity index (χ3v) is 1.75. The van der Waals surface area contributed by atoms with Gasteiger partial charge in [-0.1, -0.05) is 26.0 Å². The minimum atomic E-state index is -0.123. The Bertz CT molecular complexity index is 134. The minimum Gasteiger partial charge on any atom is -0.303 e. The molecule has 0 aliphatic heterocycles. The zero-order valence-corrected chi connectivity index (χ0v) is 7.76. The average Bonchev–Trinajstić information content (AvgIpc) is 1.99. The van der Waals surface area contributed by atoms with Crippen molar-refractivity contribution >= 4 is 6.29 Å². The number of carbonyl (C=O) groups excluding carboxylic acids is 1. The zero-order valence-electron chi connectivity index (χ0n) is 7.76. The Hall–Kier alpha value is -0.590. The molecule has 0 aromatic rings. The van der Waals surface area contributed by atoms with Gasteiger partial charge in [0.25, 0.3) is 0 Å². The fourth-order valence-corrected chi connectivity index (χ4v) is 0.901. The maximum Gasteiger partial charge on any atom is 0.125 e. The molecule has 0 saturated heterocycles. The van der Waals surface area contributed by atoms with Crippen molar-refractivity contribution in [2.45, 2.75) is 40.0 Å². The van der Waals surface area contributed by atoms with Crippen molar-refractivity contribution in [1.29, 1.82) is 0 Å². The molecule has 0 radical (unpaired) electrons. The van der Waals surface area contributed by atoms with Gasteiger partial charge in [-0.05, 0) is 26.2 Å². The zero-order chi connectivity index (χ0) is 8.74. The topological polar surface area (TPSA) is 17.1 Å². The first-order valence-corrected chi connectivity index (χ1v) is 4.20. The summed E-state index contributed by atoms with van der Waals surface area (Å²) in [6, 6.07) is 0. The molecule has 0 bridgehead atoms. The lowest BCUT2D eigenvalue weighted by Crippen LogP contribution is -2.11. The molecule has 1 heteroatoms. The maximum atomic E-state index is 10.5. The number of rotatable bonds is 5. The molecule has 0 heterocycles. The summed E-state index contributed by atoms with van der Waals surface area (Å²) in [5.74, 6) is 0. The van der Waals surface area contributed by atoms with Crippen LogP contribution in [0.4, 0.5) is 0 Å². The van der Waals surface area contributed by atoms with Crippen LogP contribution in [0.3, 0.4) is 0 Å². The molecule has 0 amide bonds. The van der Waals surface area contributed by atoms with Gasteiger partial charge in [0.1, 0.15) is 6.29 Å². The molecule has 0 saturated carbocycles. The van der Waals surface area contributed by atoms with Gasteiger partial charge in [0, 0.05) is 5.41 Å². The van der Waals surface area contributed by atoms with E-state index < -0.39 is 0 Å². The molecule has 0 atom stereocenters. The molecule has 0 aromatic heterocycles. The molecule has 0 aromatic carbocycles. The molecule has 0 N–H and O–H groups in total. The smallest absolute Gasteiger partial charge is 0.125 e. The Labute approximate surface area is 69.5 Å². The number of aldehydes is 1. The van der Waals surface area contributed by atoms with Gasteiger partial charge in [0.05, 0.1) is 0 Å². The highest BCUT2D eigenvalue weighted by Crippen LogP contribution is 2.19. The van der Waals surface area contributed by atoms with E-state index in [0.29, 0.717) is 0 Å². The van der Waals surface area contributed by atoms with Crippen molar-refractivity contribution in [2.24, 2.45) is 5.41 Å². The molecule has 0 unspecified atom stereocenters. The summed E-state index contributed by atoms with van der Waals surface area (Å²) >= 11 is 0. The third-order valence-electron chi connectivity index (χ3n) is 1.75. The summed E-state index contributed by atoms with van der Waals surface area (Å²) in [5, 5.41) is 0. The Balaban J connectivity index is 3.45. The molecule has 0 aliphatic carbocycles. The van der Waals surface area contributed by atoms with Gasteiger partial charge in [0.15, 0.2) is 0 Å². The lowest BCUT2D eigenvalue weighted by atomic mass is 9.89. The second-order valence-electron chi connectivity index (χ2n) is 3.57. The van der Waals surface area contributed by atoms with Crippen LogP contribution in [0, 0.1) is 5.41 Å². The normalized spacial score (nSPS) is 12.3. The van der Waals surface area contributed by atoms with E-state index in [9.17, 15) is 4.79 Å². The summed E-state index contributed by atoms with van der Waals surface area (Å²) in [6.45, 7) is 5.98. The quantitative estimate of drug-likeness (QED) is 0.338. The van der Waals surface area contributed by atoms with Gasteiger partial charge >= 0.3 is 0 Å². The third kappa shape index (κ3) is 5.84. The van der Waals surface area contributed by atoms with Crippen LogP contribution in [0.2, 0.25) is 0 Å². The standard InChI is InChI=1S/C10H18O/c1-4-5-6-7-8-10(2,3)9-11/h4-5,9H,6-8H2,1-3H3. The lowest BCUT2D eigenvalue weighted by Gasteiger charge is -2.14. The van der Waals surface area contributed by atoms with Crippen LogP contribution in [0.15, 0.2) is 12.2 Å². The number of unbranched alkanes of at least 4 members (excludes halogenated alkanes) is 1. The second kappa shape index (κ2) is 5.11. The van der Waals surface area contributed by atoms with Crippen molar-refractivity contribution in [3.05, 3.63) is 12.2 Å². The monoisotopic (exact) mass is 154 g/mol. The van der Waals surface area contributed by atoms with Crippen LogP contribution >= 0.6 is 0 Å². The van der Waals surface area contributed by atoms with Crippen molar-refractivity contribution < 1.29 is 4.79 Å². The highest BCUT2D eigenvalue weighted by atomic mass is 16.1. The first-order valence-electron chi connectivity index (χ1n) is 4.20. The molecule has 0 spiro atoms. The van der Waals surface area contributed by atoms with Gasteiger partial charge in [-0.2, -0.15) is 0 Å². The Morgan fingerprint density at radius 2 is 2.00 bits per heavy atom. The van der Waals surface area contributed by atoms with E-state index in [0.717, 1.165) is 25.5 Å².